The Morgan fingerprint density at radius 2 is 2.00 bits per heavy atom. The Balaban J connectivity index is 1.95. The molecule has 0 amide bonds. The number of hydrogen-bond donors (Lipinski definition) is 1. The summed E-state index contributed by atoms with van der Waals surface area (Å²) < 4.78 is 18.9. The Morgan fingerprint density at radius 3 is 2.76 bits per heavy atom. The van der Waals surface area contributed by atoms with Crippen LogP contribution in [0.1, 0.15) is 18.2 Å². The lowest BCUT2D eigenvalue weighted by Crippen LogP contribution is -2.23. The van der Waals surface area contributed by atoms with Gasteiger partial charge in [0.2, 0.25) is 0 Å². The van der Waals surface area contributed by atoms with Crippen LogP contribution in [0, 0.1) is 5.82 Å². The van der Waals surface area contributed by atoms with E-state index in [1.807, 2.05) is 0 Å². The van der Waals surface area contributed by atoms with Gasteiger partial charge in [-0.15, -0.1) is 0 Å². The summed E-state index contributed by atoms with van der Waals surface area (Å²) in [6.45, 7) is 1.65. The van der Waals surface area contributed by atoms with Crippen molar-refractivity contribution in [2.24, 2.45) is 0 Å². The van der Waals surface area contributed by atoms with Crippen molar-refractivity contribution in [1.82, 2.24) is 0 Å². The monoisotopic (exact) mass is 304 g/mol. The van der Waals surface area contributed by atoms with Crippen molar-refractivity contribution in [3.8, 4) is 0 Å². The highest BCUT2D eigenvalue weighted by Gasteiger charge is 2.28. The summed E-state index contributed by atoms with van der Waals surface area (Å²) in [6, 6.07) is 13.2. The average molecular weight is 305 g/mol. The molecular formula is C17H14ClFO2. The molecule has 1 unspecified atom stereocenters. The fourth-order valence-corrected chi connectivity index (χ4v) is 2.59. The second-order valence-corrected chi connectivity index (χ2v) is 5.81. The molecule has 4 heteroatoms. The van der Waals surface area contributed by atoms with Crippen LogP contribution >= 0.6 is 11.6 Å². The van der Waals surface area contributed by atoms with Gasteiger partial charge in [0.05, 0.1) is 0 Å². The quantitative estimate of drug-likeness (QED) is 0.762. The molecule has 1 aromatic heterocycles. The molecule has 21 heavy (non-hydrogen) atoms. The van der Waals surface area contributed by atoms with Crippen molar-refractivity contribution in [2.45, 2.75) is 18.9 Å². The molecule has 0 fully saturated rings. The summed E-state index contributed by atoms with van der Waals surface area (Å²) in [7, 11) is 0. The largest absolute Gasteiger partial charge is 0.458 e. The van der Waals surface area contributed by atoms with E-state index in [-0.39, 0.29) is 12.2 Å². The van der Waals surface area contributed by atoms with Gasteiger partial charge in [-0.25, -0.2) is 4.39 Å². The molecule has 1 atom stereocenters. The molecule has 2 aromatic carbocycles. The highest BCUT2D eigenvalue weighted by Crippen LogP contribution is 2.31. The Labute approximate surface area is 126 Å². The molecule has 3 aromatic rings. The van der Waals surface area contributed by atoms with Crippen LogP contribution in [0.15, 0.2) is 52.9 Å². The molecule has 0 saturated carbocycles. The van der Waals surface area contributed by atoms with Crippen LogP contribution in [-0.2, 0) is 12.0 Å². The molecule has 3 rings (SSSR count). The van der Waals surface area contributed by atoms with Crippen molar-refractivity contribution in [2.75, 3.05) is 0 Å². The standard InChI is InChI=1S/C17H14ClFO2/c1-17(20,10-11-3-2-4-14(19)7-11)16-9-12-8-13(18)5-6-15(12)21-16/h2-9,20H,10H2,1H3. The maximum absolute atomic E-state index is 13.2. The number of aliphatic hydroxyl groups is 1. The maximum atomic E-state index is 13.2. The number of rotatable bonds is 3. The van der Waals surface area contributed by atoms with Crippen LogP contribution in [0.25, 0.3) is 11.0 Å². The summed E-state index contributed by atoms with van der Waals surface area (Å²) in [5.74, 6) is 0.115. The third-order valence-corrected chi connectivity index (χ3v) is 3.68. The molecule has 0 spiro atoms. The van der Waals surface area contributed by atoms with E-state index >= 15 is 0 Å². The zero-order chi connectivity index (χ0) is 15.0. The van der Waals surface area contributed by atoms with E-state index < -0.39 is 5.60 Å². The molecule has 1 N–H and O–H groups in total. The Hall–Kier alpha value is -1.84. The van der Waals surface area contributed by atoms with E-state index in [4.69, 9.17) is 16.0 Å². The summed E-state index contributed by atoms with van der Waals surface area (Å²) >= 11 is 5.94. The summed E-state index contributed by atoms with van der Waals surface area (Å²) in [4.78, 5) is 0. The molecular weight excluding hydrogens is 291 g/mol. The van der Waals surface area contributed by atoms with Gasteiger partial charge in [0, 0.05) is 16.8 Å². The van der Waals surface area contributed by atoms with Crippen LogP contribution < -0.4 is 0 Å². The van der Waals surface area contributed by atoms with Crippen LogP contribution in [-0.4, -0.2) is 5.11 Å². The third-order valence-electron chi connectivity index (χ3n) is 3.45. The summed E-state index contributed by atoms with van der Waals surface area (Å²) in [5.41, 5.74) is 0.145. The number of furan rings is 1. The Kier molecular flexibility index (Phi) is 3.47. The first-order chi connectivity index (χ1) is 9.94. The second-order valence-electron chi connectivity index (χ2n) is 5.37. The van der Waals surface area contributed by atoms with Gasteiger partial charge >= 0.3 is 0 Å². The van der Waals surface area contributed by atoms with Crippen molar-refractivity contribution in [1.29, 1.82) is 0 Å². The molecule has 0 aliphatic carbocycles. The van der Waals surface area contributed by atoms with E-state index in [9.17, 15) is 9.50 Å². The van der Waals surface area contributed by atoms with Gasteiger partial charge < -0.3 is 9.52 Å². The molecule has 0 aliphatic heterocycles. The SMILES string of the molecule is CC(O)(Cc1cccc(F)c1)c1cc2cc(Cl)ccc2o1. The minimum Gasteiger partial charge on any atom is -0.458 e. The number of hydrogen-bond acceptors (Lipinski definition) is 2. The third kappa shape index (κ3) is 2.94. The topological polar surface area (TPSA) is 33.4 Å². The average Bonchev–Trinajstić information content (AvgIpc) is 2.82. The van der Waals surface area contributed by atoms with Crippen LogP contribution in [0.5, 0.6) is 0 Å². The lowest BCUT2D eigenvalue weighted by atomic mass is 9.94. The molecule has 0 radical (unpaired) electrons. The lowest BCUT2D eigenvalue weighted by molar-refractivity contribution is 0.0360. The van der Waals surface area contributed by atoms with E-state index in [0.717, 1.165) is 5.39 Å². The lowest BCUT2D eigenvalue weighted by Gasteiger charge is -2.20. The zero-order valence-electron chi connectivity index (χ0n) is 11.4. The first-order valence-electron chi connectivity index (χ1n) is 6.60. The maximum Gasteiger partial charge on any atom is 0.136 e. The van der Waals surface area contributed by atoms with Crippen molar-refractivity contribution < 1.29 is 13.9 Å². The van der Waals surface area contributed by atoms with Crippen LogP contribution in [0.4, 0.5) is 4.39 Å². The fraction of sp³-hybridized carbons (Fsp3) is 0.176. The minimum atomic E-state index is -1.22. The molecule has 1 heterocycles. The second kappa shape index (κ2) is 5.17. The van der Waals surface area contributed by atoms with Crippen LogP contribution in [0.3, 0.4) is 0 Å². The first kappa shape index (κ1) is 14.1. The van der Waals surface area contributed by atoms with Gasteiger partial charge in [0.1, 0.15) is 22.8 Å². The molecule has 0 bridgehead atoms. The van der Waals surface area contributed by atoms with Gasteiger partial charge in [-0.3, -0.25) is 0 Å². The van der Waals surface area contributed by atoms with Gasteiger partial charge in [-0.2, -0.15) is 0 Å². The van der Waals surface area contributed by atoms with Gasteiger partial charge in [0.15, 0.2) is 0 Å². The summed E-state index contributed by atoms with van der Waals surface area (Å²) in [5, 5.41) is 12.1. The highest BCUT2D eigenvalue weighted by atomic mass is 35.5. The number of fused-ring (bicyclic) bond motifs is 1. The predicted molar refractivity (Wildman–Crippen MR) is 80.9 cm³/mol. The Morgan fingerprint density at radius 1 is 1.19 bits per heavy atom. The smallest absolute Gasteiger partial charge is 0.136 e. The van der Waals surface area contributed by atoms with Gasteiger partial charge in [-0.05, 0) is 48.9 Å². The van der Waals surface area contributed by atoms with Crippen molar-refractivity contribution >= 4 is 22.6 Å². The van der Waals surface area contributed by atoms with E-state index in [0.29, 0.717) is 21.9 Å². The molecule has 0 saturated heterocycles. The van der Waals surface area contributed by atoms with E-state index in [2.05, 4.69) is 0 Å². The number of benzene rings is 2. The molecule has 108 valence electrons. The highest BCUT2D eigenvalue weighted by molar-refractivity contribution is 6.31. The van der Waals surface area contributed by atoms with E-state index in [1.54, 1.807) is 43.3 Å². The van der Waals surface area contributed by atoms with Crippen LogP contribution in [0.2, 0.25) is 5.02 Å². The normalized spacial score (nSPS) is 14.3. The number of halogens is 2. The molecule has 2 nitrogen and oxygen atoms in total. The zero-order valence-corrected chi connectivity index (χ0v) is 12.2. The van der Waals surface area contributed by atoms with Crippen molar-refractivity contribution in [3.63, 3.8) is 0 Å². The first-order valence-corrected chi connectivity index (χ1v) is 6.98. The molecule has 0 aliphatic rings. The minimum absolute atomic E-state index is 0.262. The van der Waals surface area contributed by atoms with Gasteiger partial charge in [0.25, 0.3) is 0 Å². The fourth-order valence-electron chi connectivity index (χ4n) is 2.41. The van der Waals surface area contributed by atoms with E-state index in [1.165, 1.54) is 12.1 Å². The van der Waals surface area contributed by atoms with Gasteiger partial charge in [-0.1, -0.05) is 23.7 Å². The summed E-state index contributed by atoms with van der Waals surface area (Å²) in [6.07, 6.45) is 0.262. The van der Waals surface area contributed by atoms with Crippen molar-refractivity contribution in [3.05, 3.63) is 70.7 Å². The predicted octanol–water partition coefficient (Wildman–Crippen LogP) is 4.68. The Bertz CT molecular complexity index is 792.